The van der Waals surface area contributed by atoms with Crippen molar-refractivity contribution >= 4 is 40.7 Å². The lowest BCUT2D eigenvalue weighted by Crippen LogP contribution is -2.47. The number of amides is 1. The predicted octanol–water partition coefficient (Wildman–Crippen LogP) is 5.62. The van der Waals surface area contributed by atoms with Crippen LogP contribution < -0.4 is 24.2 Å². The summed E-state index contributed by atoms with van der Waals surface area (Å²) in [6.45, 7) is 10.7. The van der Waals surface area contributed by atoms with E-state index in [4.69, 9.17) is 40.8 Å². The molecular weight excluding hydrogens is 620 g/mol. The van der Waals surface area contributed by atoms with Crippen molar-refractivity contribution in [3.05, 3.63) is 54.1 Å². The Bertz CT molecular complexity index is 1710. The van der Waals surface area contributed by atoms with Gasteiger partial charge in [-0.15, -0.1) is 0 Å². The highest BCUT2D eigenvalue weighted by atomic mass is 35.5. The molecule has 2 aliphatic heterocycles. The first-order valence-electron chi connectivity index (χ1n) is 16.0. The Morgan fingerprint density at radius 2 is 1.53 bits per heavy atom. The number of piperazine rings is 1. The number of imidazole rings is 1. The van der Waals surface area contributed by atoms with Crippen LogP contribution in [-0.2, 0) is 4.74 Å². The van der Waals surface area contributed by atoms with Crippen LogP contribution in [0.3, 0.4) is 0 Å². The molecule has 0 atom stereocenters. The molecule has 0 aliphatic carbocycles. The highest BCUT2D eigenvalue weighted by molar-refractivity contribution is 6.32. The third kappa shape index (κ3) is 7.12. The average Bonchev–Trinajstić information content (AvgIpc) is 3.51. The van der Waals surface area contributed by atoms with Gasteiger partial charge in [0.15, 0.2) is 0 Å². The maximum absolute atomic E-state index is 12.5. The second kappa shape index (κ2) is 13.3. The quantitative estimate of drug-likeness (QED) is 0.248. The molecule has 2 saturated heterocycles. The summed E-state index contributed by atoms with van der Waals surface area (Å²) >= 11 is 6.42. The average molecular weight is 663 g/mol. The number of rotatable bonds is 7. The highest BCUT2D eigenvalue weighted by Gasteiger charge is 2.29. The summed E-state index contributed by atoms with van der Waals surface area (Å²) in [5.41, 5.74) is 4.07. The molecule has 0 radical (unpaired) electrons. The summed E-state index contributed by atoms with van der Waals surface area (Å²) in [6, 6.07) is 7.99. The molecule has 2 aliphatic rings. The van der Waals surface area contributed by atoms with Crippen LogP contribution in [0, 0.1) is 0 Å². The first-order chi connectivity index (χ1) is 22.5. The van der Waals surface area contributed by atoms with Crippen LogP contribution >= 0.6 is 11.6 Å². The van der Waals surface area contributed by atoms with Crippen LogP contribution in [0.2, 0.25) is 5.02 Å². The first kappa shape index (κ1) is 32.5. The highest BCUT2D eigenvalue weighted by Crippen LogP contribution is 2.38. The number of nitrogens with zero attached hydrogens (tertiary/aromatic N) is 8. The topological polar surface area (TPSA) is 101 Å². The SMILES string of the molecule is COc1cc(OC)c(-c2cn3ccc(N4CCN(c5cnc(N6CCC(N(C)C(=O)OC(C)(C)C)CC6)nc5)CC4)cc3n2)cc1Cl. The number of carbonyl (C=O) groups is 1. The van der Waals surface area contributed by atoms with E-state index in [9.17, 15) is 4.79 Å². The maximum atomic E-state index is 12.5. The molecule has 12 nitrogen and oxygen atoms in total. The molecule has 13 heteroatoms. The maximum Gasteiger partial charge on any atom is 0.410 e. The van der Waals surface area contributed by atoms with Gasteiger partial charge in [0.05, 0.1) is 43.0 Å². The van der Waals surface area contributed by atoms with Gasteiger partial charge in [-0.25, -0.2) is 19.7 Å². The number of fused-ring (bicyclic) bond motifs is 1. The predicted molar refractivity (Wildman–Crippen MR) is 184 cm³/mol. The van der Waals surface area contributed by atoms with Crippen molar-refractivity contribution in [1.29, 1.82) is 0 Å². The van der Waals surface area contributed by atoms with Crippen LogP contribution in [-0.4, -0.2) is 103 Å². The number of halogens is 1. The summed E-state index contributed by atoms with van der Waals surface area (Å²) in [5.74, 6) is 1.94. The Morgan fingerprint density at radius 3 is 2.15 bits per heavy atom. The lowest BCUT2D eigenvalue weighted by Gasteiger charge is -2.38. The van der Waals surface area contributed by atoms with Crippen molar-refractivity contribution in [2.75, 3.05) is 75.2 Å². The molecule has 4 aromatic rings. The van der Waals surface area contributed by atoms with Gasteiger partial charge in [0.1, 0.15) is 22.7 Å². The van der Waals surface area contributed by atoms with Crippen molar-refractivity contribution in [3.63, 3.8) is 0 Å². The molecule has 47 heavy (non-hydrogen) atoms. The van der Waals surface area contributed by atoms with Gasteiger partial charge in [-0.2, -0.15) is 0 Å². The minimum Gasteiger partial charge on any atom is -0.496 e. The normalized spacial score (nSPS) is 16.0. The third-order valence-electron chi connectivity index (χ3n) is 8.80. The molecule has 1 amide bonds. The lowest BCUT2D eigenvalue weighted by molar-refractivity contribution is 0.0200. The Balaban J connectivity index is 1.04. The molecular formula is C34H43ClN8O4. The van der Waals surface area contributed by atoms with Crippen molar-refractivity contribution in [3.8, 4) is 22.8 Å². The number of methoxy groups -OCH3 is 2. The van der Waals surface area contributed by atoms with E-state index in [-0.39, 0.29) is 12.1 Å². The molecule has 0 unspecified atom stereocenters. The van der Waals surface area contributed by atoms with Gasteiger partial charge in [0.25, 0.3) is 0 Å². The second-order valence-electron chi connectivity index (χ2n) is 13.0. The van der Waals surface area contributed by atoms with Crippen LogP contribution in [0.4, 0.5) is 22.1 Å². The van der Waals surface area contributed by atoms with Gasteiger partial charge >= 0.3 is 6.09 Å². The van der Waals surface area contributed by atoms with Crippen LogP contribution in [0.25, 0.3) is 16.9 Å². The fourth-order valence-corrected chi connectivity index (χ4v) is 6.40. The number of hydrogen-bond donors (Lipinski definition) is 0. The van der Waals surface area contributed by atoms with Crippen molar-refractivity contribution in [2.45, 2.75) is 45.3 Å². The molecule has 0 bridgehead atoms. The largest absolute Gasteiger partial charge is 0.496 e. The van der Waals surface area contributed by atoms with E-state index >= 15 is 0 Å². The van der Waals surface area contributed by atoms with Gasteiger partial charge in [-0.3, -0.25) is 0 Å². The monoisotopic (exact) mass is 662 g/mol. The Labute approximate surface area is 280 Å². The zero-order chi connectivity index (χ0) is 33.3. The number of pyridine rings is 1. The summed E-state index contributed by atoms with van der Waals surface area (Å²) < 4.78 is 18.5. The molecule has 2 fully saturated rings. The van der Waals surface area contributed by atoms with E-state index in [1.54, 1.807) is 25.2 Å². The summed E-state index contributed by atoms with van der Waals surface area (Å²) in [6.07, 6.45) is 9.28. The van der Waals surface area contributed by atoms with Crippen molar-refractivity contribution < 1.29 is 19.0 Å². The van der Waals surface area contributed by atoms with Gasteiger partial charge in [-0.05, 0) is 45.7 Å². The van der Waals surface area contributed by atoms with Gasteiger partial charge in [0, 0.05) is 88.1 Å². The lowest BCUT2D eigenvalue weighted by atomic mass is 10.0. The number of benzene rings is 1. The fourth-order valence-electron chi connectivity index (χ4n) is 6.16. The summed E-state index contributed by atoms with van der Waals surface area (Å²) in [4.78, 5) is 35.4. The van der Waals surface area contributed by atoms with Gasteiger partial charge in [0.2, 0.25) is 5.95 Å². The van der Waals surface area contributed by atoms with E-state index < -0.39 is 5.60 Å². The first-order valence-corrected chi connectivity index (χ1v) is 16.3. The second-order valence-corrected chi connectivity index (χ2v) is 13.4. The van der Waals surface area contributed by atoms with E-state index in [0.717, 1.165) is 86.3 Å². The van der Waals surface area contributed by atoms with Crippen LogP contribution in [0.5, 0.6) is 11.5 Å². The van der Waals surface area contributed by atoms with Crippen molar-refractivity contribution in [1.82, 2.24) is 24.3 Å². The zero-order valence-corrected chi connectivity index (χ0v) is 28.7. The number of aromatic nitrogens is 4. The van der Waals surface area contributed by atoms with E-state index in [2.05, 4.69) is 26.8 Å². The smallest absolute Gasteiger partial charge is 0.410 e. The molecule has 0 N–H and O–H groups in total. The molecule has 1 aromatic carbocycles. The molecule has 6 rings (SSSR count). The van der Waals surface area contributed by atoms with Crippen molar-refractivity contribution in [2.24, 2.45) is 0 Å². The molecule has 0 saturated carbocycles. The Morgan fingerprint density at radius 1 is 0.894 bits per heavy atom. The van der Waals surface area contributed by atoms with Gasteiger partial charge in [-0.1, -0.05) is 11.6 Å². The Hall–Kier alpha value is -4.45. The van der Waals surface area contributed by atoms with Crippen LogP contribution in [0.1, 0.15) is 33.6 Å². The number of ether oxygens (including phenoxy) is 3. The number of anilines is 3. The summed E-state index contributed by atoms with van der Waals surface area (Å²) in [5, 5.41) is 0.503. The van der Waals surface area contributed by atoms with E-state index in [0.29, 0.717) is 16.5 Å². The molecule has 0 spiro atoms. The zero-order valence-electron chi connectivity index (χ0n) is 27.9. The van der Waals surface area contributed by atoms with E-state index in [1.165, 1.54) is 0 Å². The molecule has 5 heterocycles. The standard InChI is InChI=1S/C34H43ClN8O4/c1-34(2,3)47-33(44)39(4)23-7-10-42(11-8-23)32-36-20-25(21-37-32)41-15-13-40(14-16-41)24-9-12-43-22-28(38-31(43)17-24)26-18-27(35)30(46-6)19-29(26)45-5/h9,12,17-23H,7-8,10-11,13-16H2,1-6H3. The number of hydrogen-bond acceptors (Lipinski definition) is 10. The van der Waals surface area contributed by atoms with Crippen LogP contribution in [0.15, 0.2) is 49.1 Å². The fraction of sp³-hybridized carbons (Fsp3) is 0.471. The molecule has 3 aromatic heterocycles. The molecule has 250 valence electrons. The van der Waals surface area contributed by atoms with Gasteiger partial charge < -0.3 is 38.2 Å². The Kier molecular flexibility index (Phi) is 9.23. The van der Waals surface area contributed by atoms with E-state index in [1.807, 2.05) is 63.1 Å². The number of piperidine rings is 1. The minimum atomic E-state index is -0.502. The summed E-state index contributed by atoms with van der Waals surface area (Å²) in [7, 11) is 5.03. The number of carbonyl (C=O) groups excluding carboxylic acids is 1. The minimum absolute atomic E-state index is 0.143. The third-order valence-corrected chi connectivity index (χ3v) is 9.10.